The number of nitrogens with two attached hydrogens (primary N) is 1. The number of hydrogen-bond donors (Lipinski definition) is 3. The lowest BCUT2D eigenvalue weighted by molar-refractivity contribution is -0.417. The maximum absolute atomic E-state index is 4.99. The predicted molar refractivity (Wildman–Crippen MR) is 50.4 cm³/mol. The summed E-state index contributed by atoms with van der Waals surface area (Å²) in [5, 5.41) is 0.808. The Morgan fingerprint density at radius 1 is 1.83 bits per heavy atom. The molecule has 0 bridgehead atoms. The number of nitrogens with zero attached hydrogens (tertiary/aromatic N) is 1. The highest BCUT2D eigenvalue weighted by Gasteiger charge is 2.01. The number of amidine groups is 1. The van der Waals surface area contributed by atoms with E-state index in [9.17, 15) is 0 Å². The molecule has 70 valence electrons. The molecule has 12 heavy (non-hydrogen) atoms. The number of nitrogens with one attached hydrogen (secondary N) is 2. The number of rotatable bonds is 3. The first-order valence-corrected chi connectivity index (χ1v) is 4.10. The van der Waals surface area contributed by atoms with E-state index in [-0.39, 0.29) is 12.4 Å². The zero-order valence-corrected chi connectivity index (χ0v) is 8.45. The van der Waals surface area contributed by atoms with E-state index in [4.69, 9.17) is 5.84 Å². The van der Waals surface area contributed by atoms with Crippen LogP contribution in [-0.2, 0) is 0 Å². The summed E-state index contributed by atoms with van der Waals surface area (Å²) in [7, 11) is 1.80. The SMILES string of the molecule is C=CCSC(/N=C/NN)=[NH+]C.[Cl-]. The normalized spacial score (nSPS) is 11.0. The smallest absolute Gasteiger partial charge is 0.354 e. The van der Waals surface area contributed by atoms with E-state index < -0.39 is 0 Å². The Labute approximate surface area is 82.8 Å². The van der Waals surface area contributed by atoms with Crippen LogP contribution in [-0.4, -0.2) is 24.3 Å². The third kappa shape index (κ3) is 7.59. The Hall–Kier alpha value is -0.520. The van der Waals surface area contributed by atoms with Crippen molar-refractivity contribution in [1.82, 2.24) is 5.43 Å². The summed E-state index contributed by atoms with van der Waals surface area (Å²) in [5.74, 6) is 5.82. The molecule has 0 saturated carbocycles. The lowest BCUT2D eigenvalue weighted by Crippen LogP contribution is -3.00. The fourth-order valence-electron chi connectivity index (χ4n) is 0.408. The van der Waals surface area contributed by atoms with Crippen molar-refractivity contribution in [2.24, 2.45) is 10.8 Å². The second-order valence-electron chi connectivity index (χ2n) is 1.58. The highest BCUT2D eigenvalue weighted by atomic mass is 35.5. The van der Waals surface area contributed by atoms with E-state index in [1.807, 2.05) is 6.08 Å². The third-order valence-electron chi connectivity index (χ3n) is 0.808. The third-order valence-corrected chi connectivity index (χ3v) is 1.79. The van der Waals surface area contributed by atoms with E-state index in [1.165, 1.54) is 6.34 Å². The van der Waals surface area contributed by atoms with Crippen molar-refractivity contribution >= 4 is 23.3 Å². The first-order chi connectivity index (χ1) is 5.35. The van der Waals surface area contributed by atoms with E-state index in [0.717, 1.165) is 10.9 Å². The first kappa shape index (κ1) is 14.0. The Morgan fingerprint density at radius 2 is 2.50 bits per heavy atom. The minimum Gasteiger partial charge on any atom is -1.00 e. The molecular formula is C6H13ClN4S. The molecule has 0 atom stereocenters. The van der Waals surface area contributed by atoms with Gasteiger partial charge >= 0.3 is 5.17 Å². The zero-order valence-electron chi connectivity index (χ0n) is 6.88. The number of hydrogen-bond acceptors (Lipinski definition) is 2. The minimum absolute atomic E-state index is 0. The van der Waals surface area contributed by atoms with Crippen LogP contribution in [0.3, 0.4) is 0 Å². The van der Waals surface area contributed by atoms with Crippen LogP contribution in [0.1, 0.15) is 0 Å². The quantitative estimate of drug-likeness (QED) is 0.144. The molecule has 0 aliphatic rings. The van der Waals surface area contributed by atoms with Crippen LogP contribution in [0.5, 0.6) is 0 Å². The van der Waals surface area contributed by atoms with E-state index in [1.54, 1.807) is 18.8 Å². The van der Waals surface area contributed by atoms with Crippen LogP contribution in [0.2, 0.25) is 0 Å². The summed E-state index contributed by atoms with van der Waals surface area (Å²) in [6, 6.07) is 0. The number of hydrazine groups is 1. The van der Waals surface area contributed by atoms with Crippen LogP contribution < -0.4 is 28.7 Å². The number of thioether (sulfide) groups is 1. The molecule has 0 aromatic heterocycles. The Balaban J connectivity index is 0. The van der Waals surface area contributed by atoms with Crippen LogP contribution in [0.25, 0.3) is 0 Å². The van der Waals surface area contributed by atoms with Crippen molar-refractivity contribution in [1.29, 1.82) is 0 Å². The van der Waals surface area contributed by atoms with Gasteiger partial charge in [-0.3, -0.25) is 10.4 Å². The van der Waals surface area contributed by atoms with Gasteiger partial charge < -0.3 is 12.4 Å². The Kier molecular flexibility index (Phi) is 12.3. The molecule has 0 rings (SSSR count). The molecule has 0 unspecified atom stereocenters. The molecule has 4 nitrogen and oxygen atoms in total. The molecule has 0 aliphatic heterocycles. The molecule has 0 fully saturated rings. The number of aliphatic imine (C=N–C) groups is 1. The average Bonchev–Trinajstić information content (AvgIpc) is 2.05. The van der Waals surface area contributed by atoms with Crippen molar-refractivity contribution in [2.75, 3.05) is 12.8 Å². The van der Waals surface area contributed by atoms with Gasteiger partial charge in [0, 0.05) is 5.75 Å². The lowest BCUT2D eigenvalue weighted by atomic mass is 10.8. The van der Waals surface area contributed by atoms with Gasteiger partial charge in [0.15, 0.2) is 0 Å². The van der Waals surface area contributed by atoms with Gasteiger partial charge in [-0.2, -0.15) is 0 Å². The van der Waals surface area contributed by atoms with Crippen molar-refractivity contribution in [3.63, 3.8) is 0 Å². The highest BCUT2D eigenvalue weighted by Crippen LogP contribution is 1.99. The monoisotopic (exact) mass is 208 g/mol. The summed E-state index contributed by atoms with van der Waals surface area (Å²) in [4.78, 5) is 6.87. The van der Waals surface area contributed by atoms with Crippen LogP contribution in [0.15, 0.2) is 17.6 Å². The lowest BCUT2D eigenvalue weighted by Gasteiger charge is -1.86. The molecule has 0 aliphatic carbocycles. The molecule has 0 aromatic rings. The molecule has 0 radical (unpaired) electrons. The van der Waals surface area contributed by atoms with Gasteiger partial charge in [0.25, 0.3) is 0 Å². The summed E-state index contributed by atoms with van der Waals surface area (Å²) in [6.07, 6.45) is 3.23. The topological polar surface area (TPSA) is 64.4 Å². The van der Waals surface area contributed by atoms with Crippen molar-refractivity contribution in [3.8, 4) is 0 Å². The molecule has 0 aromatic carbocycles. The Bertz CT molecular complexity index is 169. The highest BCUT2D eigenvalue weighted by molar-refractivity contribution is 8.13. The van der Waals surface area contributed by atoms with Crippen molar-refractivity contribution in [2.45, 2.75) is 0 Å². The fraction of sp³-hybridized carbons (Fsp3) is 0.333. The molecular weight excluding hydrogens is 196 g/mol. The number of halogens is 1. The van der Waals surface area contributed by atoms with Gasteiger partial charge in [-0.25, -0.2) is 5.84 Å². The molecule has 4 N–H and O–H groups in total. The molecule has 0 amide bonds. The van der Waals surface area contributed by atoms with Gasteiger partial charge in [-0.1, -0.05) is 6.08 Å². The maximum atomic E-state index is 4.99. The average molecular weight is 209 g/mol. The molecule has 0 spiro atoms. The Morgan fingerprint density at radius 3 is 2.92 bits per heavy atom. The van der Waals surface area contributed by atoms with Gasteiger partial charge in [-0.15, -0.1) is 6.58 Å². The van der Waals surface area contributed by atoms with Gasteiger partial charge in [0.05, 0.1) is 7.05 Å². The van der Waals surface area contributed by atoms with E-state index >= 15 is 0 Å². The summed E-state index contributed by atoms with van der Waals surface area (Å²) in [6.45, 7) is 3.59. The van der Waals surface area contributed by atoms with Crippen molar-refractivity contribution in [3.05, 3.63) is 12.7 Å². The largest absolute Gasteiger partial charge is 1.00 e. The fourth-order valence-corrected chi connectivity index (χ4v) is 0.955. The van der Waals surface area contributed by atoms with Gasteiger partial charge in [-0.05, 0) is 16.8 Å². The second-order valence-corrected chi connectivity index (χ2v) is 2.59. The predicted octanol–water partition coefficient (Wildman–Crippen LogP) is -4.53. The van der Waals surface area contributed by atoms with Gasteiger partial charge in [0.2, 0.25) is 6.34 Å². The first-order valence-electron chi connectivity index (χ1n) is 3.12. The maximum Gasteiger partial charge on any atom is 0.354 e. The van der Waals surface area contributed by atoms with Crippen LogP contribution >= 0.6 is 11.8 Å². The summed E-state index contributed by atoms with van der Waals surface area (Å²) in [5.41, 5.74) is 2.32. The molecule has 0 saturated heterocycles. The van der Waals surface area contributed by atoms with E-state index in [0.29, 0.717) is 0 Å². The minimum atomic E-state index is 0. The van der Waals surface area contributed by atoms with Crippen LogP contribution in [0, 0.1) is 0 Å². The van der Waals surface area contributed by atoms with Gasteiger partial charge in [0.1, 0.15) is 0 Å². The molecule has 0 heterocycles. The zero-order chi connectivity index (χ0) is 8.53. The van der Waals surface area contributed by atoms with E-state index in [2.05, 4.69) is 22.0 Å². The standard InChI is InChI=1S/C6H12N4S.ClH/c1-3-4-11-6(8-2)9-5-10-7;/h3,5H,1,4,7H2,2H3,(H,8,9,10);1H. The molecule has 6 heteroatoms. The van der Waals surface area contributed by atoms with Crippen LogP contribution in [0.4, 0.5) is 0 Å². The summed E-state index contributed by atoms with van der Waals surface area (Å²) >= 11 is 1.56. The van der Waals surface area contributed by atoms with Crippen molar-refractivity contribution < 1.29 is 17.4 Å². The second kappa shape index (κ2) is 10.5. The summed E-state index contributed by atoms with van der Waals surface area (Å²) < 4.78 is 0.